The second kappa shape index (κ2) is 8.46. The number of para-hydroxylation sites is 1. The number of carbonyl (C=O) groups is 1. The van der Waals surface area contributed by atoms with Crippen LogP contribution >= 0.6 is 0 Å². The summed E-state index contributed by atoms with van der Waals surface area (Å²) in [6.07, 6.45) is 3.39. The minimum absolute atomic E-state index is 0.248. The summed E-state index contributed by atoms with van der Waals surface area (Å²) in [4.78, 5) is 21.3. The third kappa shape index (κ3) is 3.88. The van der Waals surface area contributed by atoms with Crippen molar-refractivity contribution in [1.82, 2.24) is 10.2 Å². The van der Waals surface area contributed by atoms with E-state index < -0.39 is 0 Å². The first kappa shape index (κ1) is 18.5. The minimum Gasteiger partial charge on any atom is -0.356 e. The zero-order valence-electron chi connectivity index (χ0n) is 16.5. The standard InChI is InChI=1S/C23H28N4O/c1-24-23(27-16-13-19-8-4-5-10-21(19)27)25-14-6-11-22(28)26-15-12-18-7-2-3-9-20(18)17-26/h2-5,7-10H,6,11-17H2,1H3,(H,24,25). The van der Waals surface area contributed by atoms with Crippen molar-refractivity contribution in [1.29, 1.82) is 0 Å². The molecule has 5 heteroatoms. The van der Waals surface area contributed by atoms with Gasteiger partial charge in [0.2, 0.25) is 5.91 Å². The lowest BCUT2D eigenvalue weighted by molar-refractivity contribution is -0.132. The quantitative estimate of drug-likeness (QED) is 0.507. The van der Waals surface area contributed by atoms with E-state index >= 15 is 0 Å². The lowest BCUT2D eigenvalue weighted by Gasteiger charge is -2.29. The van der Waals surface area contributed by atoms with Crippen LogP contribution in [0.25, 0.3) is 0 Å². The van der Waals surface area contributed by atoms with Crippen molar-refractivity contribution in [2.45, 2.75) is 32.2 Å². The molecular weight excluding hydrogens is 348 g/mol. The molecule has 0 saturated carbocycles. The van der Waals surface area contributed by atoms with Crippen LogP contribution in [0.3, 0.4) is 0 Å². The molecule has 1 N–H and O–H groups in total. The van der Waals surface area contributed by atoms with Gasteiger partial charge < -0.3 is 15.1 Å². The van der Waals surface area contributed by atoms with E-state index in [-0.39, 0.29) is 5.91 Å². The Morgan fingerprint density at radius 2 is 1.71 bits per heavy atom. The van der Waals surface area contributed by atoms with Gasteiger partial charge in [-0.3, -0.25) is 9.79 Å². The van der Waals surface area contributed by atoms with Crippen LogP contribution in [-0.2, 0) is 24.2 Å². The molecule has 5 nitrogen and oxygen atoms in total. The molecule has 0 fully saturated rings. The van der Waals surface area contributed by atoms with Crippen LogP contribution in [0.2, 0.25) is 0 Å². The number of benzene rings is 2. The van der Waals surface area contributed by atoms with E-state index in [9.17, 15) is 4.79 Å². The minimum atomic E-state index is 0.248. The molecule has 0 aliphatic carbocycles. The molecule has 0 aromatic heterocycles. The van der Waals surface area contributed by atoms with Crippen LogP contribution in [-0.4, -0.2) is 43.4 Å². The van der Waals surface area contributed by atoms with E-state index in [4.69, 9.17) is 0 Å². The van der Waals surface area contributed by atoms with Crippen LogP contribution in [0.1, 0.15) is 29.5 Å². The number of carbonyl (C=O) groups excluding carboxylic acids is 1. The number of hydrogen-bond donors (Lipinski definition) is 1. The second-order valence-corrected chi connectivity index (χ2v) is 7.44. The summed E-state index contributed by atoms with van der Waals surface area (Å²) in [5, 5.41) is 3.43. The fourth-order valence-corrected chi connectivity index (χ4v) is 4.16. The van der Waals surface area contributed by atoms with Crippen molar-refractivity contribution >= 4 is 17.6 Å². The van der Waals surface area contributed by atoms with Crippen LogP contribution in [0.4, 0.5) is 5.69 Å². The van der Waals surface area contributed by atoms with Crippen LogP contribution in [0.15, 0.2) is 53.5 Å². The van der Waals surface area contributed by atoms with Crippen molar-refractivity contribution in [3.05, 3.63) is 65.2 Å². The van der Waals surface area contributed by atoms with Crippen LogP contribution in [0.5, 0.6) is 0 Å². The fraction of sp³-hybridized carbons (Fsp3) is 0.391. The van der Waals surface area contributed by atoms with Gasteiger partial charge in [-0.1, -0.05) is 42.5 Å². The third-order valence-electron chi connectivity index (χ3n) is 5.69. The molecule has 4 rings (SSSR count). The average molecular weight is 377 g/mol. The van der Waals surface area contributed by atoms with E-state index in [0.717, 1.165) is 51.4 Å². The first-order valence-electron chi connectivity index (χ1n) is 10.2. The summed E-state index contributed by atoms with van der Waals surface area (Å²) >= 11 is 0. The van der Waals surface area contributed by atoms with Gasteiger partial charge in [-0.15, -0.1) is 0 Å². The first-order valence-corrected chi connectivity index (χ1v) is 10.2. The predicted octanol–water partition coefficient (Wildman–Crippen LogP) is 2.99. The van der Waals surface area contributed by atoms with E-state index in [0.29, 0.717) is 6.42 Å². The Labute approximate surface area is 167 Å². The molecule has 2 aromatic rings. The summed E-state index contributed by atoms with van der Waals surface area (Å²) < 4.78 is 0. The Kier molecular flexibility index (Phi) is 5.60. The SMILES string of the molecule is CN=C(NCCCC(=O)N1CCc2ccccc2C1)N1CCc2ccccc21. The molecule has 2 aromatic carbocycles. The maximum atomic E-state index is 12.6. The molecule has 2 aliphatic heterocycles. The maximum absolute atomic E-state index is 12.6. The van der Waals surface area contributed by atoms with Gasteiger partial charge in [0.05, 0.1) is 0 Å². The number of fused-ring (bicyclic) bond motifs is 2. The highest BCUT2D eigenvalue weighted by Crippen LogP contribution is 2.27. The number of hydrogen-bond acceptors (Lipinski definition) is 2. The lowest BCUT2D eigenvalue weighted by Crippen LogP contribution is -2.41. The molecule has 0 saturated heterocycles. The largest absolute Gasteiger partial charge is 0.356 e. The zero-order chi connectivity index (χ0) is 19.3. The van der Waals surface area contributed by atoms with Gasteiger partial charge in [-0.25, -0.2) is 0 Å². The van der Waals surface area contributed by atoms with Crippen LogP contribution < -0.4 is 10.2 Å². The Bertz CT molecular complexity index is 876. The maximum Gasteiger partial charge on any atom is 0.222 e. The van der Waals surface area contributed by atoms with Crippen molar-refractivity contribution in [3.63, 3.8) is 0 Å². The Morgan fingerprint density at radius 1 is 1.00 bits per heavy atom. The number of guanidine groups is 1. The Balaban J connectivity index is 1.25. The summed E-state index contributed by atoms with van der Waals surface area (Å²) in [6.45, 7) is 3.27. The smallest absolute Gasteiger partial charge is 0.222 e. The number of rotatable bonds is 4. The van der Waals surface area contributed by atoms with E-state index in [1.54, 1.807) is 0 Å². The van der Waals surface area contributed by atoms with E-state index in [1.807, 2.05) is 11.9 Å². The molecule has 0 spiro atoms. The Hall–Kier alpha value is -2.82. The number of nitrogens with zero attached hydrogens (tertiary/aromatic N) is 3. The monoisotopic (exact) mass is 376 g/mol. The van der Waals surface area contributed by atoms with Crippen molar-refractivity contribution in [2.24, 2.45) is 4.99 Å². The number of anilines is 1. The fourth-order valence-electron chi connectivity index (χ4n) is 4.16. The van der Waals surface area contributed by atoms with Crippen molar-refractivity contribution < 1.29 is 4.79 Å². The normalized spacial score (nSPS) is 16.0. The lowest BCUT2D eigenvalue weighted by atomic mass is 9.99. The molecule has 2 aliphatic rings. The Morgan fingerprint density at radius 3 is 2.54 bits per heavy atom. The molecule has 0 bridgehead atoms. The topological polar surface area (TPSA) is 47.9 Å². The molecule has 2 heterocycles. The predicted molar refractivity (Wildman–Crippen MR) is 114 cm³/mol. The van der Waals surface area contributed by atoms with Gasteiger partial charge in [-0.2, -0.15) is 0 Å². The summed E-state index contributed by atoms with van der Waals surface area (Å²) in [7, 11) is 1.82. The summed E-state index contributed by atoms with van der Waals surface area (Å²) in [6, 6.07) is 16.9. The first-order chi connectivity index (χ1) is 13.8. The molecular formula is C23H28N4O. The summed E-state index contributed by atoms with van der Waals surface area (Å²) in [5.41, 5.74) is 5.26. The van der Waals surface area contributed by atoms with Gasteiger partial charge in [0.25, 0.3) is 0 Å². The number of nitrogens with one attached hydrogen (secondary N) is 1. The van der Waals surface area contributed by atoms with Crippen molar-refractivity contribution in [3.8, 4) is 0 Å². The van der Waals surface area contributed by atoms with E-state index in [2.05, 4.69) is 63.7 Å². The zero-order valence-corrected chi connectivity index (χ0v) is 16.5. The number of amides is 1. The van der Waals surface area contributed by atoms with Gasteiger partial charge in [-0.05, 0) is 42.0 Å². The molecule has 28 heavy (non-hydrogen) atoms. The summed E-state index contributed by atoms with van der Waals surface area (Å²) in [5.74, 6) is 1.14. The second-order valence-electron chi connectivity index (χ2n) is 7.44. The molecule has 0 unspecified atom stereocenters. The van der Waals surface area contributed by atoms with Gasteiger partial charge >= 0.3 is 0 Å². The van der Waals surface area contributed by atoms with Crippen molar-refractivity contribution in [2.75, 3.05) is 31.6 Å². The van der Waals surface area contributed by atoms with Gasteiger partial charge in [0.15, 0.2) is 5.96 Å². The van der Waals surface area contributed by atoms with Crippen LogP contribution in [0, 0.1) is 0 Å². The molecule has 1 amide bonds. The van der Waals surface area contributed by atoms with E-state index in [1.165, 1.54) is 22.4 Å². The highest BCUT2D eigenvalue weighted by atomic mass is 16.2. The number of aliphatic imine (C=N–C) groups is 1. The molecule has 0 atom stereocenters. The van der Waals surface area contributed by atoms with Gasteiger partial charge in [0, 0.05) is 45.3 Å². The molecule has 0 radical (unpaired) electrons. The third-order valence-corrected chi connectivity index (χ3v) is 5.69. The highest BCUT2D eigenvalue weighted by molar-refractivity contribution is 5.97. The average Bonchev–Trinajstić information content (AvgIpc) is 3.17. The molecule has 146 valence electrons. The van der Waals surface area contributed by atoms with Gasteiger partial charge in [0.1, 0.15) is 0 Å². The highest BCUT2D eigenvalue weighted by Gasteiger charge is 2.23.